The van der Waals surface area contributed by atoms with Crippen molar-refractivity contribution < 1.29 is 72.5 Å². The van der Waals surface area contributed by atoms with Crippen molar-refractivity contribution in [2.75, 3.05) is 73.4 Å². The summed E-state index contributed by atoms with van der Waals surface area (Å²) < 4.78 is 6.00. The van der Waals surface area contributed by atoms with Crippen LogP contribution in [0.4, 0.5) is 4.79 Å². The molecule has 0 saturated carbocycles. The monoisotopic (exact) mass is 1360 g/mol. The Kier molecular flexibility index (Phi) is 32.4. The Bertz CT molecular complexity index is 2710. The van der Waals surface area contributed by atoms with Gasteiger partial charge in [0.1, 0.15) is 72.6 Å². The lowest BCUT2D eigenvalue weighted by Crippen LogP contribution is -2.64. The van der Waals surface area contributed by atoms with Gasteiger partial charge in [0.15, 0.2) is 0 Å². The minimum absolute atomic E-state index is 0.0900. The summed E-state index contributed by atoms with van der Waals surface area (Å²) >= 11 is 1.66. The number of aliphatic hydroxyl groups is 2. The van der Waals surface area contributed by atoms with Gasteiger partial charge in [-0.2, -0.15) is 11.8 Å². The molecule has 0 radical (unpaired) electrons. The Hall–Kier alpha value is -6.55. The summed E-state index contributed by atoms with van der Waals surface area (Å²) in [6.07, 6.45) is -1.23. The van der Waals surface area contributed by atoms with Gasteiger partial charge in [-0.3, -0.25) is 52.7 Å². The Morgan fingerprint density at radius 3 is 1.52 bits per heavy atom. The van der Waals surface area contributed by atoms with Crippen LogP contribution in [0.5, 0.6) is 0 Å². The molecule has 3 rings (SSSR count). The van der Waals surface area contributed by atoms with Crippen molar-refractivity contribution in [3.05, 3.63) is 12.2 Å². The predicted octanol–water partition coefficient (Wildman–Crippen LogP) is 2.30. The fourth-order valence-corrected chi connectivity index (χ4v) is 13.5. The van der Waals surface area contributed by atoms with Crippen molar-refractivity contribution in [3.8, 4) is 0 Å². The lowest BCUT2D eigenvalue weighted by molar-refractivity contribution is -0.157. The summed E-state index contributed by atoms with van der Waals surface area (Å²) in [5.41, 5.74) is 0. The molecule has 3 aliphatic heterocycles. The van der Waals surface area contributed by atoms with E-state index in [0.29, 0.717) is 24.6 Å². The number of hydrogen-bond acceptors (Lipinski definition) is 16. The van der Waals surface area contributed by atoms with E-state index in [1.807, 2.05) is 41.5 Å². The Labute approximate surface area is 568 Å². The molecule has 540 valence electrons. The molecule has 3 saturated heterocycles. The molecule has 0 spiro atoms. The highest BCUT2D eigenvalue weighted by Crippen LogP contribution is 2.29. The number of thioether (sulfide) groups is 1. The first-order valence-electron chi connectivity index (χ1n) is 33.8. The van der Waals surface area contributed by atoms with Crippen molar-refractivity contribution >= 4 is 82.8 Å². The highest BCUT2D eigenvalue weighted by atomic mass is 32.2. The van der Waals surface area contributed by atoms with Crippen molar-refractivity contribution in [2.24, 2.45) is 35.5 Å². The summed E-state index contributed by atoms with van der Waals surface area (Å²) in [4.78, 5) is 187. The molecule has 3 aliphatic rings. The molecule has 28 heteroatoms. The smallest absolute Gasteiger partial charge is 0.410 e. The quantitative estimate of drug-likeness (QED) is 0.128. The molecule has 95 heavy (non-hydrogen) atoms. The summed E-state index contributed by atoms with van der Waals surface area (Å²) in [7, 11) is 8.21. The number of nitrogens with one attached hydrogen (secondary N) is 4. The zero-order valence-corrected chi connectivity index (χ0v) is 61.5. The van der Waals surface area contributed by atoms with Crippen LogP contribution in [0.15, 0.2) is 12.2 Å². The number of fused-ring (bicyclic) bond motifs is 1. The van der Waals surface area contributed by atoms with E-state index in [1.165, 1.54) is 82.7 Å². The van der Waals surface area contributed by atoms with Crippen LogP contribution in [0.1, 0.15) is 149 Å². The fourth-order valence-electron chi connectivity index (χ4n) is 12.6. The summed E-state index contributed by atoms with van der Waals surface area (Å²) in [5, 5.41) is 34.6. The number of ether oxygens (including phenoxy) is 1. The number of amides is 12. The van der Waals surface area contributed by atoms with Gasteiger partial charge in [-0.15, -0.1) is 0 Å². The molecule has 15 atom stereocenters. The summed E-state index contributed by atoms with van der Waals surface area (Å²) in [6.45, 7) is 27.3. The molecule has 12 amide bonds. The predicted molar refractivity (Wildman–Crippen MR) is 362 cm³/mol. The molecular formula is C67H116N12O15S. The third-order valence-corrected chi connectivity index (χ3v) is 19.3. The first-order chi connectivity index (χ1) is 44.2. The molecule has 2 unspecified atom stereocenters. The van der Waals surface area contributed by atoms with Gasteiger partial charge in [-0.1, -0.05) is 95.2 Å². The Morgan fingerprint density at radius 2 is 1.02 bits per heavy atom. The van der Waals surface area contributed by atoms with Crippen molar-refractivity contribution in [1.82, 2.24) is 60.5 Å². The first-order valence-corrected chi connectivity index (χ1v) is 35.0. The van der Waals surface area contributed by atoms with Crippen molar-refractivity contribution in [1.29, 1.82) is 0 Å². The minimum atomic E-state index is -1.72. The third-order valence-electron chi connectivity index (χ3n) is 18.3. The first kappa shape index (κ1) is 82.7. The molecule has 3 heterocycles. The number of aliphatic hydroxyl groups excluding tert-OH is 2. The van der Waals surface area contributed by atoms with E-state index in [4.69, 9.17) is 4.74 Å². The molecule has 0 aromatic carbocycles. The van der Waals surface area contributed by atoms with Crippen LogP contribution in [0.3, 0.4) is 0 Å². The zero-order chi connectivity index (χ0) is 72.5. The second kappa shape index (κ2) is 37.3. The van der Waals surface area contributed by atoms with E-state index in [-0.39, 0.29) is 62.8 Å². The number of hydrogen-bond donors (Lipinski definition) is 6. The molecular weight excluding hydrogens is 1240 g/mol. The number of nitrogens with zero attached hydrogens (tertiary/aromatic N) is 8. The Balaban J connectivity index is 2.39. The molecule has 3 fully saturated rings. The molecule has 6 N–H and O–H groups in total. The zero-order valence-electron chi connectivity index (χ0n) is 60.7. The van der Waals surface area contributed by atoms with Gasteiger partial charge >= 0.3 is 6.09 Å². The van der Waals surface area contributed by atoms with Gasteiger partial charge in [-0.05, 0) is 95.3 Å². The van der Waals surface area contributed by atoms with E-state index < -0.39 is 174 Å². The normalized spacial score (nSPS) is 28.7. The molecule has 0 aromatic rings. The second-order valence-electron chi connectivity index (χ2n) is 28.2. The van der Waals surface area contributed by atoms with Gasteiger partial charge in [-0.25, -0.2) is 4.79 Å². The van der Waals surface area contributed by atoms with E-state index in [0.717, 1.165) is 19.6 Å². The van der Waals surface area contributed by atoms with E-state index in [1.54, 1.807) is 72.4 Å². The number of carbonyl (C=O) groups is 12. The van der Waals surface area contributed by atoms with Gasteiger partial charge < -0.3 is 75.4 Å². The van der Waals surface area contributed by atoms with E-state index >= 15 is 28.8 Å². The maximum Gasteiger partial charge on any atom is 0.410 e. The van der Waals surface area contributed by atoms with Crippen LogP contribution in [-0.4, -0.2) is 279 Å². The highest BCUT2D eigenvalue weighted by Gasteiger charge is 2.50. The minimum Gasteiger partial charge on any atom is -0.444 e. The lowest BCUT2D eigenvalue weighted by Gasteiger charge is -2.41. The van der Waals surface area contributed by atoms with Crippen LogP contribution in [-0.2, 0) is 57.5 Å². The third kappa shape index (κ3) is 21.7. The van der Waals surface area contributed by atoms with E-state index in [2.05, 4.69) is 21.3 Å². The Morgan fingerprint density at radius 1 is 0.547 bits per heavy atom. The second-order valence-corrected chi connectivity index (χ2v) is 29.5. The van der Waals surface area contributed by atoms with Crippen LogP contribution in [0.2, 0.25) is 0 Å². The molecule has 0 bridgehead atoms. The molecule has 27 nitrogen and oxygen atoms in total. The number of rotatable bonds is 15. The van der Waals surface area contributed by atoms with Gasteiger partial charge in [0.2, 0.25) is 65.0 Å². The summed E-state index contributed by atoms with van der Waals surface area (Å²) in [6, 6.07) is -15.2. The van der Waals surface area contributed by atoms with Crippen LogP contribution in [0, 0.1) is 35.5 Å². The van der Waals surface area contributed by atoms with Crippen LogP contribution < -0.4 is 21.3 Å². The van der Waals surface area contributed by atoms with Gasteiger partial charge in [0, 0.05) is 73.3 Å². The number of allylic oxidation sites excluding steroid dienone is 2. The summed E-state index contributed by atoms with van der Waals surface area (Å²) in [5.74, 6) is -9.83. The SMILES string of the molecule is C/C=C/C[C@@H](C)[C@@H](O)[C@H]1C(=O)N[C@@H](CC)C(=O)N2CC(OC(=O)N3CCSCC3)C[C@@H]2C(=O)N(C)C([C@@H](C)O)C(=O)N[C@@H](C(C)C)C(=O)N(C)[C@@H](CC(C)C)C(=O)N[C@@H](C)C(=O)N[C@H](C)C(=O)N(C)[C@@H](CC(C)C)C(=O)N(C)[C@@H](CC(C)C)C(=O)N(C)[C@@H](C(C)C)C(=O)N1C. The van der Waals surface area contributed by atoms with Crippen LogP contribution in [0.25, 0.3) is 0 Å². The van der Waals surface area contributed by atoms with E-state index in [9.17, 15) is 39.0 Å². The van der Waals surface area contributed by atoms with Gasteiger partial charge in [0.05, 0.1) is 18.8 Å². The van der Waals surface area contributed by atoms with Gasteiger partial charge in [0.25, 0.3) is 0 Å². The maximum atomic E-state index is 15.4. The van der Waals surface area contributed by atoms with Crippen molar-refractivity contribution in [2.45, 2.75) is 234 Å². The topological polar surface area (TPSA) is 329 Å². The highest BCUT2D eigenvalue weighted by molar-refractivity contribution is 7.99. The lowest BCUT2D eigenvalue weighted by atomic mass is 9.91. The fraction of sp³-hybridized carbons (Fsp3) is 0.791. The number of likely N-dealkylation sites (N-methyl/N-ethyl adjacent to an activating group) is 6. The maximum absolute atomic E-state index is 15.4. The average Bonchev–Trinajstić information content (AvgIpc) is 1.78. The van der Waals surface area contributed by atoms with Crippen molar-refractivity contribution in [3.63, 3.8) is 0 Å². The molecule has 0 aliphatic carbocycles. The standard InChI is InChI=1S/C67H116N12O15S/c1-23-25-26-41(13)55(81)54-59(85)70-46(24-2)61(87)79-35-45(94-67(93)78-27-29-95-30-28-78)34-50(79)64(90)76(21)53(44(16)80)58(84)71-51(39(9)10)65(91)72(17)47(31-36(3)4)57(83)68-42(14)56(82)69-43(15)60(86)73(18)48(32-37(5)6)62(88)74(19)49(33-38(7)8)63(89)75(20)52(40(11)12)66(92)77(54)22/h23,25,36-55,80-81H,24,26-35H2,1-22H3,(H,68,83)(H,69,82)(H,70,85)(H,71,84)/b25-23+/t41-,42+,43-,44-,45?,46+,47+,48+,49+,50-,51+,52+,53?,54+,55-/m1/s1. The number of carbonyl (C=O) groups excluding carboxylic acids is 12. The average molecular weight is 1360 g/mol. The largest absolute Gasteiger partial charge is 0.444 e. The molecule has 0 aromatic heterocycles. The van der Waals surface area contributed by atoms with Crippen LogP contribution >= 0.6 is 11.8 Å².